The van der Waals surface area contributed by atoms with Crippen molar-refractivity contribution in [3.8, 4) is 5.75 Å². The second-order valence-corrected chi connectivity index (χ2v) is 8.40. The standard InChI is InChI=1S/C10H11NO7S2/c12-11(13)8-1-3-9(4-2-8)18-20(16,17)10-5-6-19(14,15)7-10/h1-4,10H,5-7H2. The van der Waals surface area contributed by atoms with E-state index in [0.29, 0.717) is 0 Å². The predicted octanol–water partition coefficient (Wildman–Crippen LogP) is 0.491. The van der Waals surface area contributed by atoms with Crippen molar-refractivity contribution in [2.45, 2.75) is 11.7 Å². The average molecular weight is 321 g/mol. The number of nitrogens with zero attached hydrogens (tertiary/aromatic N) is 1. The number of hydrogen-bond donors (Lipinski definition) is 0. The highest BCUT2D eigenvalue weighted by atomic mass is 32.2. The number of sulfone groups is 1. The zero-order valence-corrected chi connectivity index (χ0v) is 11.8. The molecule has 0 aliphatic carbocycles. The Morgan fingerprint density at radius 2 is 1.85 bits per heavy atom. The lowest BCUT2D eigenvalue weighted by molar-refractivity contribution is -0.384. The molecular weight excluding hydrogens is 310 g/mol. The molecule has 1 aromatic rings. The number of benzene rings is 1. The lowest BCUT2D eigenvalue weighted by Crippen LogP contribution is -2.27. The first-order valence-corrected chi connectivity index (χ1v) is 8.87. The van der Waals surface area contributed by atoms with Crippen molar-refractivity contribution in [2.75, 3.05) is 11.5 Å². The summed E-state index contributed by atoms with van der Waals surface area (Å²) in [6.07, 6.45) is -0.00233. The summed E-state index contributed by atoms with van der Waals surface area (Å²) in [5, 5.41) is 9.36. The van der Waals surface area contributed by atoms with E-state index in [9.17, 15) is 26.9 Å². The van der Waals surface area contributed by atoms with Crippen molar-refractivity contribution >= 4 is 25.6 Å². The van der Waals surface area contributed by atoms with Gasteiger partial charge in [-0.15, -0.1) is 0 Å². The fourth-order valence-electron chi connectivity index (χ4n) is 1.81. The second kappa shape index (κ2) is 5.02. The third-order valence-electron chi connectivity index (χ3n) is 2.86. The van der Waals surface area contributed by atoms with Crippen LogP contribution in [0.15, 0.2) is 24.3 Å². The minimum Gasteiger partial charge on any atom is -0.382 e. The molecule has 1 fully saturated rings. The Kier molecular flexibility index (Phi) is 3.69. The summed E-state index contributed by atoms with van der Waals surface area (Å²) in [5.74, 6) is -0.720. The molecule has 0 N–H and O–H groups in total. The van der Waals surface area contributed by atoms with E-state index in [-0.39, 0.29) is 23.6 Å². The Labute approximate surface area is 115 Å². The van der Waals surface area contributed by atoms with Gasteiger partial charge in [0.15, 0.2) is 9.84 Å². The summed E-state index contributed by atoms with van der Waals surface area (Å²) in [7, 11) is -7.40. The average Bonchev–Trinajstić information content (AvgIpc) is 2.70. The molecule has 0 bridgehead atoms. The first-order valence-electron chi connectivity index (χ1n) is 5.58. The number of nitro groups is 1. The van der Waals surface area contributed by atoms with E-state index < -0.39 is 35.9 Å². The third-order valence-corrected chi connectivity index (χ3v) is 6.48. The molecule has 0 spiro atoms. The number of hydrogen-bond acceptors (Lipinski definition) is 7. The van der Waals surface area contributed by atoms with Crippen molar-refractivity contribution in [1.29, 1.82) is 0 Å². The van der Waals surface area contributed by atoms with Crippen molar-refractivity contribution in [1.82, 2.24) is 0 Å². The molecule has 0 aromatic heterocycles. The highest BCUT2D eigenvalue weighted by Gasteiger charge is 2.38. The molecule has 10 heteroatoms. The van der Waals surface area contributed by atoms with Crippen molar-refractivity contribution in [3.05, 3.63) is 34.4 Å². The third kappa shape index (κ3) is 3.25. The summed E-state index contributed by atoms with van der Waals surface area (Å²) >= 11 is 0. The van der Waals surface area contributed by atoms with Crippen LogP contribution in [0.4, 0.5) is 5.69 Å². The molecule has 1 aliphatic rings. The Balaban J connectivity index is 2.14. The maximum absolute atomic E-state index is 11.9. The van der Waals surface area contributed by atoms with Gasteiger partial charge < -0.3 is 4.18 Å². The van der Waals surface area contributed by atoms with Crippen LogP contribution in [0.25, 0.3) is 0 Å². The summed E-state index contributed by atoms with van der Waals surface area (Å²) in [6, 6.07) is 4.52. The van der Waals surface area contributed by atoms with E-state index >= 15 is 0 Å². The van der Waals surface area contributed by atoms with Gasteiger partial charge >= 0.3 is 10.1 Å². The number of non-ortho nitro benzene ring substituents is 1. The van der Waals surface area contributed by atoms with Crippen LogP contribution in [0.3, 0.4) is 0 Å². The van der Waals surface area contributed by atoms with Gasteiger partial charge in [-0.1, -0.05) is 0 Å². The predicted molar refractivity (Wildman–Crippen MR) is 69.7 cm³/mol. The molecule has 1 aliphatic heterocycles. The molecule has 8 nitrogen and oxygen atoms in total. The van der Waals surface area contributed by atoms with Crippen LogP contribution in [0, 0.1) is 10.1 Å². The minimum absolute atomic E-state index is 0.00233. The number of rotatable bonds is 4. The first kappa shape index (κ1) is 14.7. The molecule has 1 aromatic carbocycles. The van der Waals surface area contributed by atoms with Gasteiger partial charge in [0.25, 0.3) is 5.69 Å². The molecule has 1 heterocycles. The van der Waals surface area contributed by atoms with Gasteiger partial charge in [0.1, 0.15) is 11.0 Å². The molecule has 0 radical (unpaired) electrons. The van der Waals surface area contributed by atoms with E-state index in [1.165, 1.54) is 0 Å². The molecule has 1 unspecified atom stereocenters. The summed E-state index contributed by atoms with van der Waals surface area (Å²) in [5.41, 5.74) is -0.196. The van der Waals surface area contributed by atoms with Crippen LogP contribution in [0.5, 0.6) is 5.75 Å². The van der Waals surface area contributed by atoms with Crippen LogP contribution in [0.2, 0.25) is 0 Å². The Hall–Kier alpha value is -1.68. The van der Waals surface area contributed by atoms with E-state index in [1.54, 1.807) is 0 Å². The van der Waals surface area contributed by atoms with Gasteiger partial charge in [-0.25, -0.2) is 8.42 Å². The lowest BCUT2D eigenvalue weighted by Gasteiger charge is -2.10. The number of nitro benzene ring substituents is 1. The van der Waals surface area contributed by atoms with E-state index in [1.807, 2.05) is 0 Å². The molecule has 1 saturated heterocycles. The van der Waals surface area contributed by atoms with Crippen LogP contribution in [-0.2, 0) is 20.0 Å². The van der Waals surface area contributed by atoms with Crippen molar-refractivity contribution in [3.63, 3.8) is 0 Å². The van der Waals surface area contributed by atoms with Gasteiger partial charge in [0.05, 0.1) is 16.4 Å². The highest BCUT2D eigenvalue weighted by molar-refractivity contribution is 7.94. The Bertz CT molecular complexity index is 721. The molecular formula is C10H11NO7S2. The normalized spacial score (nSPS) is 21.5. The molecule has 1 atom stereocenters. The molecule has 0 amide bonds. The van der Waals surface area contributed by atoms with E-state index in [0.717, 1.165) is 24.3 Å². The maximum Gasteiger partial charge on any atom is 0.313 e. The topological polar surface area (TPSA) is 121 Å². The van der Waals surface area contributed by atoms with Crippen molar-refractivity contribution in [2.24, 2.45) is 0 Å². The molecule has 2 rings (SSSR count). The fraction of sp³-hybridized carbons (Fsp3) is 0.400. The summed E-state index contributed by atoms with van der Waals surface area (Å²) < 4.78 is 51.1. The molecule has 110 valence electrons. The quantitative estimate of drug-likeness (QED) is 0.449. The largest absolute Gasteiger partial charge is 0.382 e. The van der Waals surface area contributed by atoms with Gasteiger partial charge in [-0.2, -0.15) is 8.42 Å². The Morgan fingerprint density at radius 3 is 2.30 bits per heavy atom. The summed E-state index contributed by atoms with van der Waals surface area (Å²) in [4.78, 5) is 9.83. The highest BCUT2D eigenvalue weighted by Crippen LogP contribution is 2.24. The van der Waals surface area contributed by atoms with Gasteiger partial charge in [0, 0.05) is 12.1 Å². The SMILES string of the molecule is O=[N+]([O-])c1ccc(OS(=O)(=O)C2CCS(=O)(=O)C2)cc1. The second-order valence-electron chi connectivity index (χ2n) is 4.35. The van der Waals surface area contributed by atoms with Crippen molar-refractivity contribution < 1.29 is 25.9 Å². The smallest absolute Gasteiger partial charge is 0.313 e. The zero-order valence-electron chi connectivity index (χ0n) is 10.1. The maximum atomic E-state index is 11.9. The van der Waals surface area contributed by atoms with Crippen LogP contribution >= 0.6 is 0 Å². The molecule has 20 heavy (non-hydrogen) atoms. The monoisotopic (exact) mass is 321 g/mol. The fourth-order valence-corrected chi connectivity index (χ4v) is 5.72. The van der Waals surface area contributed by atoms with Crippen LogP contribution in [0.1, 0.15) is 6.42 Å². The Morgan fingerprint density at radius 1 is 1.25 bits per heavy atom. The lowest BCUT2D eigenvalue weighted by atomic mass is 10.3. The van der Waals surface area contributed by atoms with Crippen LogP contribution < -0.4 is 4.18 Å². The summed E-state index contributed by atoms with van der Waals surface area (Å²) in [6.45, 7) is 0. The zero-order chi connectivity index (χ0) is 15.0. The van der Waals surface area contributed by atoms with E-state index in [4.69, 9.17) is 4.18 Å². The van der Waals surface area contributed by atoms with Gasteiger partial charge in [-0.3, -0.25) is 10.1 Å². The van der Waals surface area contributed by atoms with E-state index in [2.05, 4.69) is 0 Å². The molecule has 0 saturated carbocycles. The first-order chi connectivity index (χ1) is 9.20. The van der Waals surface area contributed by atoms with Gasteiger partial charge in [-0.05, 0) is 18.6 Å². The van der Waals surface area contributed by atoms with Crippen LogP contribution in [-0.4, -0.2) is 38.5 Å². The minimum atomic E-state index is -4.07. The van der Waals surface area contributed by atoms with Gasteiger partial charge in [0.2, 0.25) is 0 Å².